The van der Waals surface area contributed by atoms with Gasteiger partial charge >= 0.3 is 6.03 Å². The second-order valence-corrected chi connectivity index (χ2v) is 7.86. The lowest BCUT2D eigenvalue weighted by Crippen LogP contribution is -2.19. The zero-order chi connectivity index (χ0) is 20.1. The molecule has 0 aliphatic rings. The molecule has 0 unspecified atom stereocenters. The van der Waals surface area contributed by atoms with Gasteiger partial charge in [-0.15, -0.1) is 0 Å². The van der Waals surface area contributed by atoms with E-state index >= 15 is 0 Å². The SMILES string of the molecule is Cc1ccnc(NS(=O)(=O)c2ccc(NC(=O)Nc3ccc(Cl)cc3)cc2)n1. The van der Waals surface area contributed by atoms with E-state index in [0.717, 1.165) is 0 Å². The Balaban J connectivity index is 1.65. The van der Waals surface area contributed by atoms with Crippen LogP contribution in [0.4, 0.5) is 22.1 Å². The van der Waals surface area contributed by atoms with E-state index in [2.05, 4.69) is 25.3 Å². The molecule has 2 aromatic carbocycles. The molecule has 144 valence electrons. The van der Waals surface area contributed by atoms with E-state index in [4.69, 9.17) is 11.6 Å². The summed E-state index contributed by atoms with van der Waals surface area (Å²) in [6.07, 6.45) is 1.46. The van der Waals surface area contributed by atoms with Gasteiger partial charge in [0.1, 0.15) is 0 Å². The fourth-order valence-corrected chi connectivity index (χ4v) is 3.30. The van der Waals surface area contributed by atoms with Crippen LogP contribution in [-0.4, -0.2) is 24.4 Å². The number of urea groups is 1. The second kappa shape index (κ2) is 8.24. The first kappa shape index (κ1) is 19.6. The molecule has 1 heterocycles. The number of nitrogens with zero attached hydrogens (tertiary/aromatic N) is 2. The highest BCUT2D eigenvalue weighted by Crippen LogP contribution is 2.18. The molecule has 0 atom stereocenters. The molecule has 28 heavy (non-hydrogen) atoms. The van der Waals surface area contributed by atoms with Crippen molar-refractivity contribution in [3.05, 3.63) is 71.5 Å². The zero-order valence-electron chi connectivity index (χ0n) is 14.7. The number of hydrogen-bond donors (Lipinski definition) is 3. The summed E-state index contributed by atoms with van der Waals surface area (Å²) in [6, 6.07) is 13.5. The van der Waals surface area contributed by atoms with E-state index in [9.17, 15) is 13.2 Å². The molecule has 0 aliphatic carbocycles. The van der Waals surface area contributed by atoms with Crippen molar-refractivity contribution in [2.45, 2.75) is 11.8 Å². The van der Waals surface area contributed by atoms with Gasteiger partial charge in [-0.1, -0.05) is 11.6 Å². The number of aryl methyl sites for hydroxylation is 1. The Kier molecular flexibility index (Phi) is 5.76. The lowest BCUT2D eigenvalue weighted by Gasteiger charge is -2.10. The van der Waals surface area contributed by atoms with Gasteiger partial charge in [-0.2, -0.15) is 0 Å². The van der Waals surface area contributed by atoms with Gasteiger partial charge in [0.15, 0.2) is 0 Å². The smallest absolute Gasteiger partial charge is 0.308 e. The predicted octanol–water partition coefficient (Wildman–Crippen LogP) is 3.88. The number of benzene rings is 2. The third-order valence-corrected chi connectivity index (χ3v) is 5.14. The van der Waals surface area contributed by atoms with E-state index in [0.29, 0.717) is 22.1 Å². The molecule has 2 amide bonds. The van der Waals surface area contributed by atoms with Crippen molar-refractivity contribution in [2.75, 3.05) is 15.4 Å². The molecule has 0 saturated carbocycles. The number of amides is 2. The largest absolute Gasteiger partial charge is 0.323 e. The highest BCUT2D eigenvalue weighted by molar-refractivity contribution is 7.92. The third-order valence-electron chi connectivity index (χ3n) is 3.55. The fourth-order valence-electron chi connectivity index (χ4n) is 2.22. The summed E-state index contributed by atoms with van der Waals surface area (Å²) < 4.78 is 27.1. The average Bonchev–Trinajstić information content (AvgIpc) is 2.64. The minimum atomic E-state index is -3.84. The summed E-state index contributed by atoms with van der Waals surface area (Å²) in [5, 5.41) is 5.82. The standard InChI is InChI=1S/C18H16ClN5O3S/c1-12-10-11-20-17(21-12)24-28(26,27)16-8-6-15(7-9-16)23-18(25)22-14-4-2-13(19)3-5-14/h2-11H,1H3,(H,20,21,24)(H2,22,23,25). The molecule has 3 rings (SSSR count). The summed E-state index contributed by atoms with van der Waals surface area (Å²) in [4.78, 5) is 19.9. The van der Waals surface area contributed by atoms with E-state index in [1.165, 1.54) is 30.5 Å². The molecule has 3 aromatic rings. The Morgan fingerprint density at radius 1 is 0.929 bits per heavy atom. The van der Waals surface area contributed by atoms with Crippen LogP contribution in [0.2, 0.25) is 5.02 Å². The molecule has 3 N–H and O–H groups in total. The number of aromatic nitrogens is 2. The van der Waals surface area contributed by atoms with Gasteiger partial charge in [-0.05, 0) is 61.5 Å². The van der Waals surface area contributed by atoms with Crippen LogP contribution < -0.4 is 15.4 Å². The molecule has 1 aromatic heterocycles. The number of halogens is 1. The van der Waals surface area contributed by atoms with Crippen molar-refractivity contribution < 1.29 is 13.2 Å². The van der Waals surface area contributed by atoms with Crippen LogP contribution in [-0.2, 0) is 10.0 Å². The van der Waals surface area contributed by atoms with Crippen molar-refractivity contribution in [1.29, 1.82) is 0 Å². The molecule has 0 aliphatic heterocycles. The third kappa shape index (κ3) is 5.18. The number of carbonyl (C=O) groups excluding carboxylic acids is 1. The normalized spacial score (nSPS) is 10.9. The highest BCUT2D eigenvalue weighted by atomic mass is 35.5. The number of carbonyl (C=O) groups is 1. The van der Waals surface area contributed by atoms with Gasteiger partial charge in [0.05, 0.1) is 4.90 Å². The number of nitrogens with one attached hydrogen (secondary N) is 3. The van der Waals surface area contributed by atoms with Gasteiger partial charge in [0.25, 0.3) is 10.0 Å². The van der Waals surface area contributed by atoms with Gasteiger partial charge in [-0.25, -0.2) is 27.9 Å². The van der Waals surface area contributed by atoms with Crippen molar-refractivity contribution in [3.8, 4) is 0 Å². The first-order valence-electron chi connectivity index (χ1n) is 8.08. The van der Waals surface area contributed by atoms with E-state index in [1.54, 1.807) is 37.3 Å². The summed E-state index contributed by atoms with van der Waals surface area (Å²) >= 11 is 5.80. The molecular weight excluding hydrogens is 402 g/mol. The lowest BCUT2D eigenvalue weighted by atomic mass is 10.3. The van der Waals surface area contributed by atoms with Crippen molar-refractivity contribution in [2.24, 2.45) is 0 Å². The molecule has 0 radical (unpaired) electrons. The topological polar surface area (TPSA) is 113 Å². The monoisotopic (exact) mass is 417 g/mol. The summed E-state index contributed by atoms with van der Waals surface area (Å²) in [5.41, 5.74) is 1.64. The molecule has 0 spiro atoms. The maximum atomic E-state index is 12.4. The number of anilines is 3. The molecule has 8 nitrogen and oxygen atoms in total. The van der Waals surface area contributed by atoms with Crippen LogP contribution in [0.3, 0.4) is 0 Å². The highest BCUT2D eigenvalue weighted by Gasteiger charge is 2.16. The minimum absolute atomic E-state index is 0.00968. The molecule has 0 saturated heterocycles. The van der Waals surface area contributed by atoms with Crippen molar-refractivity contribution in [3.63, 3.8) is 0 Å². The Labute approximate surface area is 167 Å². The van der Waals surface area contributed by atoms with Crippen molar-refractivity contribution >= 4 is 45.0 Å². The second-order valence-electron chi connectivity index (χ2n) is 5.74. The van der Waals surface area contributed by atoms with E-state index in [1.807, 2.05) is 0 Å². The Hall–Kier alpha value is -3.17. The van der Waals surface area contributed by atoms with Crippen LogP contribution in [0.25, 0.3) is 0 Å². The first-order valence-corrected chi connectivity index (χ1v) is 9.94. The quantitative estimate of drug-likeness (QED) is 0.583. The van der Waals surface area contributed by atoms with E-state index < -0.39 is 16.1 Å². The lowest BCUT2D eigenvalue weighted by molar-refractivity contribution is 0.262. The maximum absolute atomic E-state index is 12.4. The summed E-state index contributed by atoms with van der Waals surface area (Å²) in [5.74, 6) is -0.00968. The Bertz CT molecular complexity index is 1090. The first-order chi connectivity index (χ1) is 13.3. The number of hydrogen-bond acceptors (Lipinski definition) is 5. The van der Waals surface area contributed by atoms with Crippen LogP contribution in [0.5, 0.6) is 0 Å². The van der Waals surface area contributed by atoms with Crippen LogP contribution in [0.1, 0.15) is 5.69 Å². The molecular formula is C18H16ClN5O3S. The van der Waals surface area contributed by atoms with Gasteiger partial charge in [0.2, 0.25) is 5.95 Å². The Morgan fingerprint density at radius 3 is 2.07 bits per heavy atom. The molecule has 10 heteroatoms. The van der Waals surface area contributed by atoms with Crippen LogP contribution in [0, 0.1) is 6.92 Å². The maximum Gasteiger partial charge on any atom is 0.323 e. The van der Waals surface area contributed by atoms with Crippen molar-refractivity contribution in [1.82, 2.24) is 9.97 Å². The Morgan fingerprint density at radius 2 is 1.50 bits per heavy atom. The van der Waals surface area contributed by atoms with Gasteiger partial charge in [0, 0.05) is 28.3 Å². The molecule has 0 fully saturated rings. The average molecular weight is 418 g/mol. The van der Waals surface area contributed by atoms with Crippen LogP contribution in [0.15, 0.2) is 65.7 Å². The predicted molar refractivity (Wildman–Crippen MR) is 108 cm³/mol. The van der Waals surface area contributed by atoms with Crippen LogP contribution >= 0.6 is 11.6 Å². The van der Waals surface area contributed by atoms with E-state index in [-0.39, 0.29) is 10.8 Å². The summed E-state index contributed by atoms with van der Waals surface area (Å²) in [6.45, 7) is 1.73. The minimum Gasteiger partial charge on any atom is -0.308 e. The molecule has 0 bridgehead atoms. The number of sulfonamides is 1. The fraction of sp³-hybridized carbons (Fsp3) is 0.0556. The van der Waals surface area contributed by atoms with Gasteiger partial charge < -0.3 is 10.6 Å². The zero-order valence-corrected chi connectivity index (χ0v) is 16.3. The van der Waals surface area contributed by atoms with Gasteiger partial charge in [-0.3, -0.25) is 0 Å². The summed E-state index contributed by atoms with van der Waals surface area (Å²) in [7, 11) is -3.84. The number of rotatable bonds is 5.